The molecule has 44 heavy (non-hydrogen) atoms. The minimum atomic E-state index is -0.739. The quantitative estimate of drug-likeness (QED) is 0.199. The van der Waals surface area contributed by atoms with Gasteiger partial charge in [-0.05, 0) is 62.6 Å². The van der Waals surface area contributed by atoms with E-state index in [0.29, 0.717) is 38.9 Å². The van der Waals surface area contributed by atoms with Gasteiger partial charge < -0.3 is 34.7 Å². The number of likely N-dealkylation sites (tertiary alicyclic amines) is 1. The fourth-order valence-corrected chi connectivity index (χ4v) is 6.51. The number of unbranched alkanes of at least 4 members (excludes halogenated alkanes) is 2. The maximum Gasteiger partial charge on any atom is 0.508 e. The molecule has 2 aliphatic rings. The van der Waals surface area contributed by atoms with Gasteiger partial charge in [0.25, 0.3) is 0 Å². The van der Waals surface area contributed by atoms with Crippen molar-refractivity contribution in [2.45, 2.75) is 95.6 Å². The summed E-state index contributed by atoms with van der Waals surface area (Å²) < 4.78 is 16.5. The first kappa shape index (κ1) is 33.1. The maximum absolute atomic E-state index is 13.9. The number of aryl methyl sites for hydroxylation is 1. The third kappa shape index (κ3) is 9.62. The Morgan fingerprint density at radius 3 is 2.48 bits per heavy atom. The molecular formula is C33H49N5O6. The van der Waals surface area contributed by atoms with Gasteiger partial charge in [0.2, 0.25) is 5.91 Å². The molecule has 3 amide bonds. The molecule has 1 saturated heterocycles. The number of urea groups is 1. The summed E-state index contributed by atoms with van der Waals surface area (Å²) in [4.78, 5) is 48.3. The number of imidazole rings is 1. The summed E-state index contributed by atoms with van der Waals surface area (Å²) in [5.41, 5.74) is 1.40. The van der Waals surface area contributed by atoms with Crippen molar-refractivity contribution in [1.29, 1.82) is 0 Å². The summed E-state index contributed by atoms with van der Waals surface area (Å²) in [5.74, 6) is 0.854. The zero-order valence-electron chi connectivity index (χ0n) is 26.3. The number of hydrogen-bond donors (Lipinski definition) is 3. The molecule has 0 unspecified atom stereocenters. The Morgan fingerprint density at radius 1 is 1.07 bits per heavy atom. The molecule has 3 N–H and O–H groups in total. The number of nitrogens with zero attached hydrogens (tertiary/aromatic N) is 2. The Morgan fingerprint density at radius 2 is 1.82 bits per heavy atom. The van der Waals surface area contributed by atoms with Gasteiger partial charge in [0.1, 0.15) is 17.4 Å². The third-order valence-corrected chi connectivity index (χ3v) is 8.99. The standard InChI is InChI=1S/C33H49N5O6/c1-3-43-32(41)44-33(26-10-6-4-7-11-26)17-20-38(21-18-33)30(39)29(22-25-13-15-28(42-2)16-14-25)37-31(40)35-19-9-5-8-12-27-23-34-24-36-27/h13-16,23-24,26,29H,3-12,17-22H2,1-2H3,(H,34,36)(H2,35,37,40)/t29-/m1/s1. The van der Waals surface area contributed by atoms with Crippen molar-refractivity contribution in [1.82, 2.24) is 25.5 Å². The summed E-state index contributed by atoms with van der Waals surface area (Å²) in [5, 5.41) is 5.87. The van der Waals surface area contributed by atoms with Crippen LogP contribution in [0.2, 0.25) is 0 Å². The number of hydrogen-bond acceptors (Lipinski definition) is 7. The predicted molar refractivity (Wildman–Crippen MR) is 166 cm³/mol. The van der Waals surface area contributed by atoms with Crippen molar-refractivity contribution in [3.8, 4) is 5.75 Å². The normalized spacial score (nSPS) is 17.4. The molecule has 11 heteroatoms. The molecule has 11 nitrogen and oxygen atoms in total. The van der Waals surface area contributed by atoms with Gasteiger partial charge in [-0.25, -0.2) is 14.6 Å². The molecule has 0 bridgehead atoms. The molecule has 1 aliphatic carbocycles. The van der Waals surface area contributed by atoms with E-state index in [1.54, 1.807) is 25.3 Å². The van der Waals surface area contributed by atoms with Crippen LogP contribution in [0.5, 0.6) is 5.75 Å². The molecular weight excluding hydrogens is 562 g/mol. The molecule has 242 valence electrons. The van der Waals surface area contributed by atoms with E-state index in [-0.39, 0.29) is 24.5 Å². The lowest BCUT2D eigenvalue weighted by Crippen LogP contribution is -2.57. The molecule has 0 radical (unpaired) electrons. The molecule has 1 aromatic heterocycles. The van der Waals surface area contributed by atoms with Crippen LogP contribution < -0.4 is 15.4 Å². The van der Waals surface area contributed by atoms with Crippen LogP contribution in [0.3, 0.4) is 0 Å². The lowest BCUT2D eigenvalue weighted by Gasteiger charge is -2.47. The molecule has 4 rings (SSSR count). The topological polar surface area (TPSA) is 135 Å². The first-order valence-corrected chi connectivity index (χ1v) is 16.2. The number of piperidine rings is 1. The van der Waals surface area contributed by atoms with Crippen molar-refractivity contribution in [3.05, 3.63) is 48.0 Å². The predicted octanol–water partition coefficient (Wildman–Crippen LogP) is 5.16. The first-order chi connectivity index (χ1) is 21.4. The molecule has 1 aromatic carbocycles. The summed E-state index contributed by atoms with van der Waals surface area (Å²) in [6.07, 6.45) is 13.5. The van der Waals surface area contributed by atoms with Gasteiger partial charge in [-0.15, -0.1) is 0 Å². The van der Waals surface area contributed by atoms with Gasteiger partial charge in [-0.3, -0.25) is 4.79 Å². The van der Waals surface area contributed by atoms with Gasteiger partial charge in [-0.2, -0.15) is 0 Å². The number of H-pyrrole nitrogens is 1. The van der Waals surface area contributed by atoms with Crippen molar-refractivity contribution in [3.63, 3.8) is 0 Å². The molecule has 1 saturated carbocycles. The number of ether oxygens (including phenoxy) is 3. The van der Waals surface area contributed by atoms with Crippen LogP contribution in [0.4, 0.5) is 9.59 Å². The highest BCUT2D eigenvalue weighted by Crippen LogP contribution is 2.42. The van der Waals surface area contributed by atoms with E-state index in [1.165, 1.54) is 6.42 Å². The number of aromatic nitrogens is 2. The minimum Gasteiger partial charge on any atom is -0.497 e. The molecule has 0 spiro atoms. The Hall–Kier alpha value is -3.76. The van der Waals surface area contributed by atoms with Crippen LogP contribution in [-0.2, 0) is 27.1 Å². The van der Waals surface area contributed by atoms with Crippen molar-refractivity contribution in [2.24, 2.45) is 5.92 Å². The lowest BCUT2D eigenvalue weighted by molar-refractivity contribution is -0.143. The molecule has 2 aromatic rings. The number of rotatable bonds is 14. The summed E-state index contributed by atoms with van der Waals surface area (Å²) >= 11 is 0. The van der Waals surface area contributed by atoms with Gasteiger partial charge >= 0.3 is 12.2 Å². The van der Waals surface area contributed by atoms with Crippen LogP contribution in [0.25, 0.3) is 0 Å². The Balaban J connectivity index is 1.35. The molecule has 2 heterocycles. The van der Waals surface area contributed by atoms with Crippen molar-refractivity contribution in [2.75, 3.05) is 33.4 Å². The Kier molecular flexibility index (Phi) is 12.7. The fourth-order valence-electron chi connectivity index (χ4n) is 6.51. The van der Waals surface area contributed by atoms with E-state index < -0.39 is 17.8 Å². The third-order valence-electron chi connectivity index (χ3n) is 8.99. The van der Waals surface area contributed by atoms with Crippen LogP contribution in [-0.4, -0.2) is 78.0 Å². The summed E-state index contributed by atoms with van der Waals surface area (Å²) in [7, 11) is 1.61. The largest absolute Gasteiger partial charge is 0.508 e. The Bertz CT molecular complexity index is 1160. The average molecular weight is 612 g/mol. The lowest BCUT2D eigenvalue weighted by atomic mass is 9.72. The number of carbonyl (C=O) groups is 3. The van der Waals surface area contributed by atoms with E-state index in [9.17, 15) is 14.4 Å². The number of nitrogens with one attached hydrogen (secondary N) is 3. The molecule has 2 fully saturated rings. The SMILES string of the molecule is CCOC(=O)OC1(C2CCCCC2)CCN(C(=O)[C@@H](Cc2ccc(OC)cc2)NC(=O)NCCCCCc2cnc[nH]2)CC1. The number of amides is 3. The van der Waals surface area contributed by atoms with Gasteiger partial charge in [0.05, 0.1) is 20.0 Å². The molecule has 1 atom stereocenters. The summed E-state index contributed by atoms with van der Waals surface area (Å²) in [6, 6.07) is 6.44. The second-order valence-electron chi connectivity index (χ2n) is 11.9. The number of methoxy groups -OCH3 is 1. The van der Waals surface area contributed by atoms with Crippen LogP contribution >= 0.6 is 0 Å². The monoisotopic (exact) mass is 611 g/mol. The van der Waals surface area contributed by atoms with Gasteiger partial charge in [-0.1, -0.05) is 37.8 Å². The van der Waals surface area contributed by atoms with E-state index >= 15 is 0 Å². The van der Waals surface area contributed by atoms with Gasteiger partial charge in [0.15, 0.2) is 0 Å². The number of benzene rings is 1. The van der Waals surface area contributed by atoms with Crippen LogP contribution in [0.15, 0.2) is 36.8 Å². The van der Waals surface area contributed by atoms with E-state index in [2.05, 4.69) is 20.6 Å². The van der Waals surface area contributed by atoms with E-state index in [0.717, 1.165) is 68.4 Å². The maximum atomic E-state index is 13.9. The highest BCUT2D eigenvalue weighted by Gasteiger charge is 2.46. The second kappa shape index (κ2) is 16.9. The highest BCUT2D eigenvalue weighted by atomic mass is 16.7. The highest BCUT2D eigenvalue weighted by molar-refractivity contribution is 5.87. The van der Waals surface area contributed by atoms with Crippen molar-refractivity contribution >= 4 is 18.1 Å². The van der Waals surface area contributed by atoms with Crippen LogP contribution in [0.1, 0.15) is 82.4 Å². The average Bonchev–Trinajstić information content (AvgIpc) is 3.57. The van der Waals surface area contributed by atoms with Crippen LogP contribution in [0, 0.1) is 5.92 Å². The molecule has 1 aliphatic heterocycles. The van der Waals surface area contributed by atoms with Crippen molar-refractivity contribution < 1.29 is 28.6 Å². The zero-order chi connectivity index (χ0) is 31.2. The number of carbonyl (C=O) groups excluding carboxylic acids is 3. The van der Waals surface area contributed by atoms with E-state index in [1.807, 2.05) is 30.5 Å². The first-order valence-electron chi connectivity index (χ1n) is 16.2. The van der Waals surface area contributed by atoms with Gasteiger partial charge in [0, 0.05) is 50.8 Å². The van der Waals surface area contributed by atoms with E-state index in [4.69, 9.17) is 14.2 Å². The number of aromatic amines is 1. The zero-order valence-corrected chi connectivity index (χ0v) is 26.3. The summed E-state index contributed by atoms with van der Waals surface area (Å²) in [6.45, 7) is 3.46. The Labute approximate surface area is 260 Å². The smallest absolute Gasteiger partial charge is 0.497 e. The minimum absolute atomic E-state index is 0.135. The fraction of sp³-hybridized carbons (Fsp3) is 0.636. The second-order valence-corrected chi connectivity index (χ2v) is 11.9.